The third kappa shape index (κ3) is 5.17. The number of hydrogen-bond acceptors (Lipinski definition) is 5. The van der Waals surface area contributed by atoms with Crippen molar-refractivity contribution in [3.8, 4) is 0 Å². The zero-order valence-electron chi connectivity index (χ0n) is 17.3. The number of likely N-dealkylation sites (tertiary alicyclic amines) is 1. The molecule has 2 fully saturated rings. The van der Waals surface area contributed by atoms with Crippen LogP contribution >= 0.6 is 12.4 Å². The molecule has 1 unspecified atom stereocenters. The quantitative estimate of drug-likeness (QED) is 0.757. The van der Waals surface area contributed by atoms with Gasteiger partial charge in [0, 0.05) is 30.9 Å². The minimum Gasteiger partial charge on any atom is -0.339 e. The van der Waals surface area contributed by atoms with Gasteiger partial charge in [-0.1, -0.05) is 5.21 Å². The smallest absolute Gasteiger partial charge is 0.277 e. The van der Waals surface area contributed by atoms with E-state index in [2.05, 4.69) is 20.9 Å². The van der Waals surface area contributed by atoms with Gasteiger partial charge in [-0.2, -0.15) is 0 Å². The molecule has 162 valence electrons. The van der Waals surface area contributed by atoms with Crippen LogP contribution in [0.5, 0.6) is 0 Å². The van der Waals surface area contributed by atoms with Crippen LogP contribution in [-0.2, 0) is 6.54 Å². The number of amides is 2. The van der Waals surface area contributed by atoms with E-state index in [0.29, 0.717) is 22.9 Å². The summed E-state index contributed by atoms with van der Waals surface area (Å²) in [6.45, 7) is 6.35. The Labute approximate surface area is 182 Å². The van der Waals surface area contributed by atoms with Gasteiger partial charge in [-0.05, 0) is 75.4 Å². The molecule has 0 bridgehead atoms. The Hall–Kier alpha value is -2.45. The Balaban J connectivity index is 0.00000256. The second kappa shape index (κ2) is 10.0. The summed E-state index contributed by atoms with van der Waals surface area (Å²) in [7, 11) is 0. The second-order valence-corrected chi connectivity index (χ2v) is 8.02. The molecule has 2 N–H and O–H groups in total. The van der Waals surface area contributed by atoms with Gasteiger partial charge in [0.05, 0.1) is 6.20 Å². The van der Waals surface area contributed by atoms with E-state index in [1.54, 1.807) is 23.0 Å². The van der Waals surface area contributed by atoms with E-state index in [1.807, 2.05) is 17.9 Å². The number of nitrogens with one attached hydrogen (secondary N) is 2. The van der Waals surface area contributed by atoms with Crippen LogP contribution in [0.3, 0.4) is 0 Å². The van der Waals surface area contributed by atoms with Crippen LogP contribution in [-0.4, -0.2) is 57.9 Å². The molecule has 0 aliphatic carbocycles. The minimum absolute atomic E-state index is 0. The highest BCUT2D eigenvalue weighted by atomic mass is 35.5. The van der Waals surface area contributed by atoms with Gasteiger partial charge in [-0.25, -0.2) is 0 Å². The minimum atomic E-state index is -0.292. The lowest BCUT2D eigenvalue weighted by Crippen LogP contribution is -2.32. The molecule has 0 spiro atoms. The summed E-state index contributed by atoms with van der Waals surface area (Å²) in [4.78, 5) is 27.0. The van der Waals surface area contributed by atoms with Gasteiger partial charge in [0.25, 0.3) is 11.8 Å². The first-order valence-corrected chi connectivity index (χ1v) is 10.4. The maximum absolute atomic E-state index is 12.6. The van der Waals surface area contributed by atoms with Crippen molar-refractivity contribution >= 4 is 29.9 Å². The van der Waals surface area contributed by atoms with Gasteiger partial charge in [0.1, 0.15) is 0 Å². The highest BCUT2D eigenvalue weighted by Gasteiger charge is 2.21. The largest absolute Gasteiger partial charge is 0.339 e. The third-order valence-electron chi connectivity index (χ3n) is 5.73. The van der Waals surface area contributed by atoms with Crippen molar-refractivity contribution in [2.75, 3.05) is 31.5 Å². The Kier molecular flexibility index (Phi) is 7.44. The van der Waals surface area contributed by atoms with Crippen molar-refractivity contribution in [2.45, 2.75) is 39.2 Å². The molecule has 2 aromatic rings. The number of anilines is 1. The summed E-state index contributed by atoms with van der Waals surface area (Å²) in [6, 6.07) is 5.40. The lowest BCUT2D eigenvalue weighted by molar-refractivity contribution is 0.0792. The fourth-order valence-electron chi connectivity index (χ4n) is 4.06. The number of benzene rings is 1. The number of aryl methyl sites for hydroxylation is 1. The lowest BCUT2D eigenvalue weighted by Gasteiger charge is -2.22. The van der Waals surface area contributed by atoms with E-state index < -0.39 is 0 Å². The van der Waals surface area contributed by atoms with E-state index in [9.17, 15) is 9.59 Å². The maximum atomic E-state index is 12.6. The van der Waals surface area contributed by atoms with Crippen molar-refractivity contribution in [1.82, 2.24) is 25.2 Å². The first-order chi connectivity index (χ1) is 14.1. The molecule has 4 rings (SSSR count). The zero-order valence-corrected chi connectivity index (χ0v) is 18.1. The molecule has 2 aliphatic rings. The predicted molar refractivity (Wildman–Crippen MR) is 117 cm³/mol. The molecule has 3 heterocycles. The molecule has 0 radical (unpaired) electrons. The number of aromatic nitrogens is 3. The van der Waals surface area contributed by atoms with Crippen LogP contribution in [0.15, 0.2) is 24.4 Å². The Morgan fingerprint density at radius 1 is 1.23 bits per heavy atom. The van der Waals surface area contributed by atoms with Gasteiger partial charge < -0.3 is 15.5 Å². The highest BCUT2D eigenvalue weighted by molar-refractivity contribution is 6.03. The van der Waals surface area contributed by atoms with Crippen molar-refractivity contribution in [2.24, 2.45) is 5.92 Å². The summed E-state index contributed by atoms with van der Waals surface area (Å²) in [6.07, 6.45) is 6.16. The molecule has 8 nitrogen and oxygen atoms in total. The van der Waals surface area contributed by atoms with Crippen LogP contribution in [0, 0.1) is 12.8 Å². The Morgan fingerprint density at radius 2 is 2.03 bits per heavy atom. The molecule has 1 aromatic heterocycles. The van der Waals surface area contributed by atoms with Crippen LogP contribution in [0.25, 0.3) is 0 Å². The monoisotopic (exact) mass is 432 g/mol. The summed E-state index contributed by atoms with van der Waals surface area (Å²) in [5.74, 6) is 0.285. The molecule has 30 heavy (non-hydrogen) atoms. The normalized spacial score (nSPS) is 18.7. The Morgan fingerprint density at radius 3 is 2.73 bits per heavy atom. The molecule has 2 aliphatic heterocycles. The van der Waals surface area contributed by atoms with Gasteiger partial charge in [-0.3, -0.25) is 14.3 Å². The number of piperidine rings is 1. The third-order valence-corrected chi connectivity index (χ3v) is 5.73. The number of rotatable bonds is 5. The summed E-state index contributed by atoms with van der Waals surface area (Å²) in [5.41, 5.74) is 2.49. The second-order valence-electron chi connectivity index (χ2n) is 8.02. The summed E-state index contributed by atoms with van der Waals surface area (Å²) >= 11 is 0. The van der Waals surface area contributed by atoms with E-state index >= 15 is 0 Å². The molecule has 9 heteroatoms. The highest BCUT2D eigenvalue weighted by Crippen LogP contribution is 2.20. The van der Waals surface area contributed by atoms with Crippen molar-refractivity contribution in [3.05, 3.63) is 41.2 Å². The molecule has 2 amide bonds. The number of halogens is 1. The van der Waals surface area contributed by atoms with Crippen LogP contribution in [0.4, 0.5) is 5.69 Å². The molecule has 2 saturated heterocycles. The van der Waals surface area contributed by atoms with Gasteiger partial charge in [0.2, 0.25) is 0 Å². The summed E-state index contributed by atoms with van der Waals surface area (Å²) in [5, 5.41) is 14.4. The van der Waals surface area contributed by atoms with Crippen LogP contribution < -0.4 is 10.6 Å². The predicted octanol–water partition coefficient (Wildman–Crippen LogP) is 2.50. The van der Waals surface area contributed by atoms with Crippen molar-refractivity contribution in [1.29, 1.82) is 0 Å². The number of hydrogen-bond donors (Lipinski definition) is 2. The molecule has 1 atom stereocenters. The maximum Gasteiger partial charge on any atom is 0.277 e. The van der Waals surface area contributed by atoms with Gasteiger partial charge in [0.15, 0.2) is 5.69 Å². The van der Waals surface area contributed by atoms with Gasteiger partial charge >= 0.3 is 0 Å². The van der Waals surface area contributed by atoms with Crippen molar-refractivity contribution < 1.29 is 9.59 Å². The fourth-order valence-corrected chi connectivity index (χ4v) is 4.06. The average molecular weight is 433 g/mol. The van der Waals surface area contributed by atoms with E-state index in [4.69, 9.17) is 0 Å². The fraction of sp³-hybridized carbons (Fsp3) is 0.524. The van der Waals surface area contributed by atoms with Crippen molar-refractivity contribution in [3.63, 3.8) is 0 Å². The van der Waals surface area contributed by atoms with Crippen LogP contribution in [0.2, 0.25) is 0 Å². The average Bonchev–Trinajstić information content (AvgIpc) is 3.42. The van der Waals surface area contributed by atoms with E-state index in [1.165, 1.54) is 6.42 Å². The number of nitrogens with zero attached hydrogens (tertiary/aromatic N) is 4. The number of carbonyl (C=O) groups is 2. The molecular formula is C21H29ClN6O2. The van der Waals surface area contributed by atoms with Gasteiger partial charge in [-0.15, -0.1) is 17.5 Å². The van der Waals surface area contributed by atoms with Crippen LogP contribution in [0.1, 0.15) is 52.1 Å². The summed E-state index contributed by atoms with van der Waals surface area (Å²) < 4.78 is 1.75. The topological polar surface area (TPSA) is 92.2 Å². The molecule has 0 saturated carbocycles. The lowest BCUT2D eigenvalue weighted by atomic mass is 10.00. The standard InChI is InChI=1S/C21H28N6O2.ClH/c1-15-11-17(21(29)26-9-2-3-10-26)6-7-18(15)23-20(28)19-14-27(25-24-19)13-16-5-4-8-22-12-16;/h6-7,11,14,16,22H,2-5,8-10,12-13H2,1H3,(H,23,28);1H. The Bertz CT molecular complexity index is 887. The zero-order chi connectivity index (χ0) is 20.2. The first kappa shape index (κ1) is 22.2. The SMILES string of the molecule is Cc1cc(C(=O)N2CCCC2)ccc1NC(=O)c1cn(CC2CCCNC2)nn1.Cl. The first-order valence-electron chi connectivity index (χ1n) is 10.4. The number of carbonyl (C=O) groups excluding carboxylic acids is 2. The molecular weight excluding hydrogens is 404 g/mol. The molecule has 1 aromatic carbocycles. The van der Waals surface area contributed by atoms with E-state index in [0.717, 1.165) is 57.5 Å². The van der Waals surface area contributed by atoms with E-state index in [-0.39, 0.29) is 24.2 Å².